The number of carbonyl (C=O) groups is 1. The highest BCUT2D eigenvalue weighted by Crippen LogP contribution is 2.22. The van der Waals surface area contributed by atoms with Crippen molar-refractivity contribution in [1.82, 2.24) is 14.9 Å². The first kappa shape index (κ1) is 15.1. The van der Waals surface area contributed by atoms with Crippen LogP contribution in [0.25, 0.3) is 0 Å². The molecule has 2 rings (SSSR count). The van der Waals surface area contributed by atoms with Crippen LogP contribution in [0.5, 0.6) is 5.75 Å². The maximum Gasteiger partial charge on any atom is 0.246 e. The Bertz CT molecular complexity index is 592. The number of carbonyl (C=O) groups excluding carboxylic acids is 1. The molecule has 21 heavy (non-hydrogen) atoms. The first-order valence-electron chi connectivity index (χ1n) is 6.55. The zero-order valence-corrected chi connectivity index (χ0v) is 12.4. The Morgan fingerprint density at radius 2 is 2.05 bits per heavy atom. The van der Waals surface area contributed by atoms with Crippen LogP contribution in [0, 0.1) is 0 Å². The summed E-state index contributed by atoms with van der Waals surface area (Å²) in [4.78, 5) is 16.2. The molecule has 1 aromatic carbocycles. The quantitative estimate of drug-likeness (QED) is 0.870. The van der Waals surface area contributed by atoms with Gasteiger partial charge >= 0.3 is 0 Å². The average Bonchev–Trinajstić information content (AvgIpc) is 2.91. The predicted molar refractivity (Wildman–Crippen MR) is 78.1 cm³/mol. The number of rotatable bonds is 6. The van der Waals surface area contributed by atoms with Crippen LogP contribution < -0.4 is 10.1 Å². The zero-order chi connectivity index (χ0) is 15.2. The molecule has 6 heteroatoms. The molecule has 0 aliphatic heterocycles. The fraction of sp³-hybridized carbons (Fsp3) is 0.333. The van der Waals surface area contributed by atoms with Gasteiger partial charge in [-0.25, -0.2) is 4.98 Å². The smallest absolute Gasteiger partial charge is 0.246 e. The number of imidazole rings is 1. The number of ether oxygens (including phenoxy) is 2. The summed E-state index contributed by atoms with van der Waals surface area (Å²) in [7, 11) is 5.00. The van der Waals surface area contributed by atoms with Gasteiger partial charge in [0.2, 0.25) is 5.91 Å². The Labute approximate surface area is 123 Å². The van der Waals surface area contributed by atoms with Crippen molar-refractivity contribution >= 4 is 5.91 Å². The summed E-state index contributed by atoms with van der Waals surface area (Å²) in [5, 5.41) is 2.93. The lowest BCUT2D eigenvalue weighted by atomic mass is 10.1. The maximum atomic E-state index is 11.9. The van der Waals surface area contributed by atoms with E-state index in [1.807, 2.05) is 42.1 Å². The number of methoxy groups -OCH3 is 2. The SMILES string of the molecule is COCC(=O)N[C@H](c1ccc(OC)cc1)c1nccn1C. The molecule has 0 saturated heterocycles. The van der Waals surface area contributed by atoms with Gasteiger partial charge in [0, 0.05) is 26.6 Å². The van der Waals surface area contributed by atoms with E-state index in [-0.39, 0.29) is 18.6 Å². The summed E-state index contributed by atoms with van der Waals surface area (Å²) >= 11 is 0. The summed E-state index contributed by atoms with van der Waals surface area (Å²) in [5.41, 5.74) is 0.926. The van der Waals surface area contributed by atoms with Crippen molar-refractivity contribution in [2.75, 3.05) is 20.8 Å². The standard InChI is InChI=1S/C15H19N3O3/c1-18-9-8-16-15(18)14(17-13(19)10-20-2)11-4-6-12(21-3)7-5-11/h4-9,14H,10H2,1-3H3,(H,17,19)/t14-/m1/s1. The number of aromatic nitrogens is 2. The topological polar surface area (TPSA) is 65.4 Å². The van der Waals surface area contributed by atoms with Gasteiger partial charge in [-0.1, -0.05) is 12.1 Å². The van der Waals surface area contributed by atoms with Crippen LogP contribution in [0.4, 0.5) is 0 Å². The number of amides is 1. The minimum absolute atomic E-state index is 0.0110. The van der Waals surface area contributed by atoms with Crippen LogP contribution in [0.2, 0.25) is 0 Å². The fourth-order valence-corrected chi connectivity index (χ4v) is 2.08. The van der Waals surface area contributed by atoms with Gasteiger partial charge in [0.05, 0.1) is 7.11 Å². The monoisotopic (exact) mass is 289 g/mol. The second-order valence-corrected chi connectivity index (χ2v) is 4.60. The van der Waals surface area contributed by atoms with E-state index in [9.17, 15) is 4.79 Å². The molecule has 0 spiro atoms. The molecule has 1 atom stereocenters. The van der Waals surface area contributed by atoms with E-state index in [0.717, 1.165) is 17.1 Å². The summed E-state index contributed by atoms with van der Waals surface area (Å²) in [6.45, 7) is 0.0110. The van der Waals surface area contributed by atoms with Crippen molar-refractivity contribution in [2.24, 2.45) is 7.05 Å². The predicted octanol–water partition coefficient (Wildman–Crippen LogP) is 1.28. The molecule has 0 saturated carbocycles. The molecule has 0 aliphatic rings. The second kappa shape index (κ2) is 6.90. The van der Waals surface area contributed by atoms with Crippen LogP contribution in [0.1, 0.15) is 17.4 Å². The zero-order valence-electron chi connectivity index (χ0n) is 12.4. The third kappa shape index (κ3) is 3.61. The van der Waals surface area contributed by atoms with Crippen molar-refractivity contribution in [3.05, 3.63) is 48.0 Å². The van der Waals surface area contributed by atoms with Gasteiger partial charge in [-0.15, -0.1) is 0 Å². The van der Waals surface area contributed by atoms with Crippen LogP contribution in [-0.2, 0) is 16.6 Å². The molecule has 0 aliphatic carbocycles. The van der Waals surface area contributed by atoms with E-state index in [0.29, 0.717) is 0 Å². The van der Waals surface area contributed by atoms with Gasteiger partial charge in [-0.05, 0) is 17.7 Å². The molecule has 1 N–H and O–H groups in total. The van der Waals surface area contributed by atoms with Gasteiger partial charge < -0.3 is 19.4 Å². The minimum atomic E-state index is -0.335. The Kier molecular flexibility index (Phi) is 4.94. The van der Waals surface area contributed by atoms with Crippen molar-refractivity contribution < 1.29 is 14.3 Å². The molecule has 0 unspecified atom stereocenters. The Morgan fingerprint density at radius 1 is 1.33 bits per heavy atom. The highest BCUT2D eigenvalue weighted by Gasteiger charge is 2.20. The molecular formula is C15H19N3O3. The highest BCUT2D eigenvalue weighted by atomic mass is 16.5. The van der Waals surface area contributed by atoms with Gasteiger partial charge in [0.25, 0.3) is 0 Å². The molecular weight excluding hydrogens is 270 g/mol. The third-order valence-corrected chi connectivity index (χ3v) is 3.15. The number of benzene rings is 1. The summed E-state index contributed by atoms with van der Waals surface area (Å²) in [6.07, 6.45) is 3.54. The fourth-order valence-electron chi connectivity index (χ4n) is 2.08. The third-order valence-electron chi connectivity index (χ3n) is 3.15. The van der Waals surface area contributed by atoms with E-state index < -0.39 is 0 Å². The van der Waals surface area contributed by atoms with Crippen LogP contribution in [-0.4, -0.2) is 36.3 Å². The summed E-state index contributed by atoms with van der Waals surface area (Å²) < 4.78 is 11.9. The lowest BCUT2D eigenvalue weighted by molar-refractivity contribution is -0.125. The molecule has 2 aromatic rings. The molecule has 112 valence electrons. The number of hydrogen-bond acceptors (Lipinski definition) is 4. The van der Waals surface area contributed by atoms with E-state index in [4.69, 9.17) is 9.47 Å². The van der Waals surface area contributed by atoms with E-state index in [2.05, 4.69) is 10.3 Å². The van der Waals surface area contributed by atoms with E-state index in [1.54, 1.807) is 13.3 Å². The Morgan fingerprint density at radius 3 is 2.57 bits per heavy atom. The molecule has 0 radical (unpaired) electrons. The molecule has 1 aromatic heterocycles. The summed E-state index contributed by atoms with van der Waals surface area (Å²) in [5.74, 6) is 1.33. The van der Waals surface area contributed by atoms with Crippen LogP contribution >= 0.6 is 0 Å². The normalized spacial score (nSPS) is 12.0. The van der Waals surface area contributed by atoms with Crippen molar-refractivity contribution in [3.63, 3.8) is 0 Å². The van der Waals surface area contributed by atoms with Crippen molar-refractivity contribution in [2.45, 2.75) is 6.04 Å². The lowest BCUT2D eigenvalue weighted by Gasteiger charge is -2.19. The van der Waals surface area contributed by atoms with Gasteiger partial charge in [0.1, 0.15) is 24.2 Å². The van der Waals surface area contributed by atoms with Gasteiger partial charge in [0.15, 0.2) is 0 Å². The van der Waals surface area contributed by atoms with Gasteiger partial charge in [-0.3, -0.25) is 4.79 Å². The van der Waals surface area contributed by atoms with Crippen LogP contribution in [0.3, 0.4) is 0 Å². The first-order chi connectivity index (χ1) is 10.2. The van der Waals surface area contributed by atoms with Gasteiger partial charge in [-0.2, -0.15) is 0 Å². The van der Waals surface area contributed by atoms with E-state index >= 15 is 0 Å². The molecule has 1 amide bonds. The average molecular weight is 289 g/mol. The van der Waals surface area contributed by atoms with Crippen molar-refractivity contribution in [3.8, 4) is 5.75 Å². The van der Waals surface area contributed by atoms with E-state index in [1.165, 1.54) is 7.11 Å². The Hall–Kier alpha value is -2.34. The molecule has 0 fully saturated rings. The number of hydrogen-bond donors (Lipinski definition) is 1. The summed E-state index contributed by atoms with van der Waals surface area (Å²) in [6, 6.07) is 7.19. The van der Waals surface area contributed by atoms with Crippen LogP contribution in [0.15, 0.2) is 36.7 Å². The molecule has 0 bridgehead atoms. The maximum absolute atomic E-state index is 11.9. The largest absolute Gasteiger partial charge is 0.497 e. The lowest BCUT2D eigenvalue weighted by Crippen LogP contribution is -2.33. The van der Waals surface area contributed by atoms with Crippen molar-refractivity contribution in [1.29, 1.82) is 0 Å². The number of nitrogens with zero attached hydrogens (tertiary/aromatic N) is 2. The Balaban J connectivity index is 2.30. The number of nitrogens with one attached hydrogen (secondary N) is 1. The number of aryl methyl sites for hydroxylation is 1. The second-order valence-electron chi connectivity index (χ2n) is 4.60. The minimum Gasteiger partial charge on any atom is -0.497 e. The highest BCUT2D eigenvalue weighted by molar-refractivity contribution is 5.78. The molecule has 6 nitrogen and oxygen atoms in total. The molecule has 1 heterocycles. The first-order valence-corrected chi connectivity index (χ1v) is 6.55.